The molecule has 1 aromatic heterocycles. The van der Waals surface area contributed by atoms with Crippen molar-refractivity contribution in [2.75, 3.05) is 5.32 Å². The third kappa shape index (κ3) is 2.86. The summed E-state index contributed by atoms with van der Waals surface area (Å²) < 4.78 is 5.27. The van der Waals surface area contributed by atoms with E-state index >= 15 is 0 Å². The molecule has 0 aliphatic rings. The van der Waals surface area contributed by atoms with Gasteiger partial charge in [-0.05, 0) is 50.1 Å². The molecule has 1 heterocycles. The molecule has 0 aliphatic heterocycles. The highest BCUT2D eigenvalue weighted by Crippen LogP contribution is 2.21. The molecule has 0 fully saturated rings. The lowest BCUT2D eigenvalue weighted by Crippen LogP contribution is -2.15. The average molecular weight is 294 g/mol. The molecule has 0 aliphatic carbocycles. The van der Waals surface area contributed by atoms with E-state index in [1.807, 2.05) is 57.2 Å². The molecule has 0 spiro atoms. The summed E-state index contributed by atoms with van der Waals surface area (Å²) in [4.78, 5) is 12.3. The van der Waals surface area contributed by atoms with Gasteiger partial charge in [-0.3, -0.25) is 4.79 Å². The second-order valence-corrected chi connectivity index (χ2v) is 5.67. The number of carbonyl (C=O) groups excluding carboxylic acids is 1. The van der Waals surface area contributed by atoms with E-state index < -0.39 is 0 Å². The van der Waals surface area contributed by atoms with Gasteiger partial charge in [0.05, 0.1) is 6.42 Å². The molecule has 3 rings (SSSR count). The first-order valence-corrected chi connectivity index (χ1v) is 7.25. The van der Waals surface area contributed by atoms with Gasteiger partial charge in [0.25, 0.3) is 0 Å². The van der Waals surface area contributed by atoms with Crippen molar-refractivity contribution in [1.82, 2.24) is 5.16 Å². The Hall–Kier alpha value is -2.62. The summed E-state index contributed by atoms with van der Waals surface area (Å²) in [6.45, 7) is 5.99. The molecule has 112 valence electrons. The molecule has 0 bridgehead atoms. The third-order valence-electron chi connectivity index (χ3n) is 3.70. The number of benzene rings is 2. The number of hydrogen-bond acceptors (Lipinski definition) is 3. The normalized spacial score (nSPS) is 10.9. The van der Waals surface area contributed by atoms with Crippen molar-refractivity contribution < 1.29 is 9.32 Å². The van der Waals surface area contributed by atoms with Gasteiger partial charge < -0.3 is 9.84 Å². The first-order chi connectivity index (χ1) is 10.5. The van der Waals surface area contributed by atoms with Gasteiger partial charge in [-0.1, -0.05) is 28.9 Å². The number of hydrogen-bond donors (Lipinski definition) is 1. The van der Waals surface area contributed by atoms with Crippen LogP contribution < -0.4 is 5.32 Å². The number of fused-ring (bicyclic) bond motifs is 1. The molecule has 0 radical (unpaired) electrons. The Morgan fingerprint density at radius 3 is 2.64 bits per heavy atom. The van der Waals surface area contributed by atoms with Crippen LogP contribution in [0, 0.1) is 20.8 Å². The first-order valence-electron chi connectivity index (χ1n) is 7.25. The highest BCUT2D eigenvalue weighted by atomic mass is 16.5. The van der Waals surface area contributed by atoms with Gasteiger partial charge in [-0.15, -0.1) is 0 Å². The lowest BCUT2D eigenvalue weighted by Gasteiger charge is -2.08. The minimum absolute atomic E-state index is 0.0922. The molecule has 0 saturated carbocycles. The summed E-state index contributed by atoms with van der Waals surface area (Å²) in [6.07, 6.45) is 0.198. The van der Waals surface area contributed by atoms with Crippen molar-refractivity contribution in [3.63, 3.8) is 0 Å². The molecule has 0 unspecified atom stereocenters. The summed E-state index contributed by atoms with van der Waals surface area (Å²) in [5.74, 6) is -0.0922. The van der Waals surface area contributed by atoms with Crippen LogP contribution in [0.3, 0.4) is 0 Å². The molecule has 1 N–H and O–H groups in total. The van der Waals surface area contributed by atoms with Gasteiger partial charge in [0.15, 0.2) is 5.58 Å². The summed E-state index contributed by atoms with van der Waals surface area (Å²) >= 11 is 0. The van der Waals surface area contributed by atoms with Crippen molar-refractivity contribution >= 4 is 22.6 Å². The zero-order valence-electron chi connectivity index (χ0n) is 12.9. The van der Waals surface area contributed by atoms with Crippen molar-refractivity contribution in [2.45, 2.75) is 27.2 Å². The standard InChI is InChI=1S/C18H18N2O2/c1-11-5-7-17-14(8-11)16(20-22-17)10-18(21)19-15-9-12(2)4-6-13(15)3/h4-9H,10H2,1-3H3,(H,19,21). The maximum Gasteiger partial charge on any atom is 0.230 e. The number of nitrogens with one attached hydrogen (secondary N) is 1. The van der Waals surface area contributed by atoms with Gasteiger partial charge in [0.1, 0.15) is 5.69 Å². The van der Waals surface area contributed by atoms with Crippen LogP contribution in [0.2, 0.25) is 0 Å². The van der Waals surface area contributed by atoms with E-state index in [1.54, 1.807) is 0 Å². The summed E-state index contributed by atoms with van der Waals surface area (Å²) in [5.41, 5.74) is 5.49. The Labute approximate surface area is 129 Å². The fourth-order valence-electron chi connectivity index (χ4n) is 2.45. The SMILES string of the molecule is Cc1ccc(C)c(NC(=O)Cc2noc3ccc(C)cc23)c1. The number of amides is 1. The minimum atomic E-state index is -0.0922. The van der Waals surface area contributed by atoms with Gasteiger partial charge >= 0.3 is 0 Å². The number of nitrogens with zero attached hydrogens (tertiary/aromatic N) is 1. The van der Waals surface area contributed by atoms with E-state index in [-0.39, 0.29) is 12.3 Å². The van der Waals surface area contributed by atoms with Crippen molar-refractivity contribution in [3.05, 3.63) is 58.8 Å². The highest BCUT2D eigenvalue weighted by molar-refractivity contribution is 5.95. The Balaban J connectivity index is 1.81. The molecule has 0 atom stereocenters. The molecule has 4 heteroatoms. The van der Waals surface area contributed by atoms with E-state index in [4.69, 9.17) is 4.52 Å². The smallest absolute Gasteiger partial charge is 0.230 e. The van der Waals surface area contributed by atoms with Crippen LogP contribution in [-0.2, 0) is 11.2 Å². The lowest BCUT2D eigenvalue weighted by molar-refractivity contribution is -0.115. The van der Waals surface area contributed by atoms with E-state index in [1.165, 1.54) is 0 Å². The maximum atomic E-state index is 12.3. The highest BCUT2D eigenvalue weighted by Gasteiger charge is 2.13. The van der Waals surface area contributed by atoms with Crippen molar-refractivity contribution in [2.24, 2.45) is 0 Å². The molecule has 2 aromatic carbocycles. The first kappa shape index (κ1) is 14.3. The zero-order valence-corrected chi connectivity index (χ0v) is 12.9. The number of aryl methyl sites for hydroxylation is 3. The predicted octanol–water partition coefficient (Wildman–Crippen LogP) is 3.93. The van der Waals surface area contributed by atoms with Gasteiger partial charge in [-0.25, -0.2) is 0 Å². The van der Waals surface area contributed by atoms with E-state index in [0.717, 1.165) is 27.8 Å². The van der Waals surface area contributed by atoms with Gasteiger partial charge in [0, 0.05) is 11.1 Å². The molecule has 1 amide bonds. The Bertz CT molecular complexity index is 849. The second kappa shape index (κ2) is 5.64. The van der Waals surface area contributed by atoms with Crippen molar-refractivity contribution in [3.8, 4) is 0 Å². The topological polar surface area (TPSA) is 55.1 Å². The molecule has 3 aromatic rings. The minimum Gasteiger partial charge on any atom is -0.356 e. The summed E-state index contributed by atoms with van der Waals surface area (Å²) in [6, 6.07) is 11.8. The molecule has 22 heavy (non-hydrogen) atoms. The van der Waals surface area contributed by atoms with Gasteiger partial charge in [0.2, 0.25) is 5.91 Å². The van der Waals surface area contributed by atoms with E-state index in [9.17, 15) is 4.79 Å². The van der Waals surface area contributed by atoms with Crippen LogP contribution >= 0.6 is 0 Å². The largest absolute Gasteiger partial charge is 0.356 e. The fourth-order valence-corrected chi connectivity index (χ4v) is 2.45. The van der Waals surface area contributed by atoms with Crippen LogP contribution in [0.5, 0.6) is 0 Å². The number of carbonyl (C=O) groups is 1. The van der Waals surface area contributed by atoms with Crippen molar-refractivity contribution in [1.29, 1.82) is 0 Å². The molecule has 0 saturated heterocycles. The number of aromatic nitrogens is 1. The molecular weight excluding hydrogens is 276 g/mol. The molecular formula is C18H18N2O2. The predicted molar refractivity (Wildman–Crippen MR) is 87.0 cm³/mol. The molecule has 4 nitrogen and oxygen atoms in total. The Morgan fingerprint density at radius 2 is 1.82 bits per heavy atom. The van der Waals surface area contributed by atoms with Crippen LogP contribution in [0.25, 0.3) is 11.0 Å². The second-order valence-electron chi connectivity index (χ2n) is 5.67. The fraction of sp³-hybridized carbons (Fsp3) is 0.222. The van der Waals surface area contributed by atoms with Crippen LogP contribution in [0.15, 0.2) is 40.9 Å². The van der Waals surface area contributed by atoms with Crippen LogP contribution in [-0.4, -0.2) is 11.1 Å². The third-order valence-corrected chi connectivity index (χ3v) is 3.70. The zero-order chi connectivity index (χ0) is 15.7. The Kier molecular flexibility index (Phi) is 3.67. The van der Waals surface area contributed by atoms with Crippen LogP contribution in [0.1, 0.15) is 22.4 Å². The van der Waals surface area contributed by atoms with E-state index in [2.05, 4.69) is 10.5 Å². The summed E-state index contributed by atoms with van der Waals surface area (Å²) in [7, 11) is 0. The monoisotopic (exact) mass is 294 g/mol. The summed E-state index contributed by atoms with van der Waals surface area (Å²) in [5, 5.41) is 7.87. The number of rotatable bonds is 3. The maximum absolute atomic E-state index is 12.3. The van der Waals surface area contributed by atoms with Gasteiger partial charge in [-0.2, -0.15) is 0 Å². The Morgan fingerprint density at radius 1 is 1.09 bits per heavy atom. The number of anilines is 1. The quantitative estimate of drug-likeness (QED) is 0.796. The average Bonchev–Trinajstić information content (AvgIpc) is 2.85. The van der Waals surface area contributed by atoms with E-state index in [0.29, 0.717) is 11.3 Å². The lowest BCUT2D eigenvalue weighted by atomic mass is 10.1. The van der Waals surface area contributed by atoms with Crippen LogP contribution in [0.4, 0.5) is 5.69 Å².